The molecule has 0 saturated heterocycles. The predicted octanol–water partition coefficient (Wildman–Crippen LogP) is 2.55. The van der Waals surface area contributed by atoms with E-state index < -0.39 is 14.9 Å². The molecule has 0 aliphatic heterocycles. The van der Waals surface area contributed by atoms with Gasteiger partial charge in [-0.05, 0) is 30.2 Å². The van der Waals surface area contributed by atoms with Crippen molar-refractivity contribution in [2.75, 3.05) is 11.9 Å². The van der Waals surface area contributed by atoms with Crippen molar-refractivity contribution in [1.82, 2.24) is 0 Å². The van der Waals surface area contributed by atoms with Crippen molar-refractivity contribution >= 4 is 33.0 Å². The minimum atomic E-state index is -4.08. The molecule has 3 N–H and O–H groups in total. The van der Waals surface area contributed by atoms with E-state index in [0.717, 1.165) is 11.6 Å². The van der Waals surface area contributed by atoms with Gasteiger partial charge < -0.3 is 5.32 Å². The lowest BCUT2D eigenvalue weighted by molar-refractivity contribution is -0.385. The molecule has 2 aromatic carbocycles. The lowest BCUT2D eigenvalue weighted by Gasteiger charge is -2.11. The van der Waals surface area contributed by atoms with Crippen molar-refractivity contribution < 1.29 is 13.3 Å². The summed E-state index contributed by atoms with van der Waals surface area (Å²) >= 11 is 5.89. The second-order valence-corrected chi connectivity index (χ2v) is 6.76. The molecule has 0 radical (unpaired) electrons. The Morgan fingerprint density at radius 3 is 2.57 bits per heavy atom. The van der Waals surface area contributed by atoms with Gasteiger partial charge in [-0.3, -0.25) is 10.1 Å². The average Bonchev–Trinajstić information content (AvgIpc) is 2.46. The lowest BCUT2D eigenvalue weighted by Crippen LogP contribution is -2.16. The number of hydrogen-bond donors (Lipinski definition) is 2. The van der Waals surface area contributed by atoms with Crippen molar-refractivity contribution in [1.29, 1.82) is 0 Å². The highest BCUT2D eigenvalue weighted by molar-refractivity contribution is 7.89. The molecule has 0 bridgehead atoms. The Balaban J connectivity index is 2.17. The molecule has 0 aliphatic carbocycles. The number of nitrogens with one attached hydrogen (secondary N) is 1. The van der Waals surface area contributed by atoms with Crippen LogP contribution >= 0.6 is 11.6 Å². The first kappa shape index (κ1) is 17.2. The maximum Gasteiger partial charge on any atom is 0.270 e. The van der Waals surface area contributed by atoms with Gasteiger partial charge in [-0.15, -0.1) is 0 Å². The molecule has 7 nitrogen and oxygen atoms in total. The SMILES string of the molecule is NS(=O)(=O)c1cc([N+](=O)[O-])ccc1NCCc1cccc(Cl)c1. The molecular formula is C14H14ClN3O4S. The summed E-state index contributed by atoms with van der Waals surface area (Å²) in [5.74, 6) is 0. The van der Waals surface area contributed by atoms with E-state index in [-0.39, 0.29) is 16.3 Å². The second-order valence-electron chi connectivity index (χ2n) is 4.79. The molecule has 9 heteroatoms. The normalized spacial score (nSPS) is 11.2. The third-order valence-electron chi connectivity index (χ3n) is 3.10. The Morgan fingerprint density at radius 1 is 1.22 bits per heavy atom. The lowest BCUT2D eigenvalue weighted by atomic mass is 10.1. The van der Waals surface area contributed by atoms with Crippen LogP contribution in [0.25, 0.3) is 0 Å². The largest absolute Gasteiger partial charge is 0.384 e. The van der Waals surface area contributed by atoms with E-state index in [2.05, 4.69) is 5.32 Å². The Bertz CT molecular complexity index is 840. The Hall–Kier alpha value is -2.16. The third kappa shape index (κ3) is 4.65. The highest BCUT2D eigenvalue weighted by Crippen LogP contribution is 2.25. The van der Waals surface area contributed by atoms with E-state index in [0.29, 0.717) is 18.0 Å². The van der Waals surface area contributed by atoms with Gasteiger partial charge in [-0.2, -0.15) is 0 Å². The van der Waals surface area contributed by atoms with Gasteiger partial charge in [0.25, 0.3) is 5.69 Å². The number of nitrogens with zero attached hydrogens (tertiary/aromatic N) is 1. The van der Waals surface area contributed by atoms with Gasteiger partial charge in [0.2, 0.25) is 10.0 Å². The van der Waals surface area contributed by atoms with Crippen molar-refractivity contribution in [3.8, 4) is 0 Å². The van der Waals surface area contributed by atoms with Crippen LogP contribution in [0.15, 0.2) is 47.4 Å². The van der Waals surface area contributed by atoms with Crippen LogP contribution in [-0.2, 0) is 16.4 Å². The van der Waals surface area contributed by atoms with Crippen LogP contribution in [0.3, 0.4) is 0 Å². The van der Waals surface area contributed by atoms with Crippen LogP contribution in [-0.4, -0.2) is 19.9 Å². The first-order chi connectivity index (χ1) is 10.8. The monoisotopic (exact) mass is 355 g/mol. The summed E-state index contributed by atoms with van der Waals surface area (Å²) in [6.07, 6.45) is 0.599. The highest BCUT2D eigenvalue weighted by Gasteiger charge is 2.18. The van der Waals surface area contributed by atoms with Crippen LogP contribution in [0.5, 0.6) is 0 Å². The molecule has 0 heterocycles. The zero-order valence-electron chi connectivity index (χ0n) is 11.9. The Kier molecular flexibility index (Phi) is 5.19. The fraction of sp³-hybridized carbons (Fsp3) is 0.143. The minimum absolute atomic E-state index is 0.222. The van der Waals surface area contributed by atoms with Crippen LogP contribution in [0, 0.1) is 10.1 Å². The zero-order valence-corrected chi connectivity index (χ0v) is 13.5. The molecule has 2 aromatic rings. The maximum atomic E-state index is 11.6. The van der Waals surface area contributed by atoms with E-state index >= 15 is 0 Å². The highest BCUT2D eigenvalue weighted by atomic mass is 35.5. The molecule has 0 atom stereocenters. The minimum Gasteiger partial charge on any atom is -0.384 e. The number of halogens is 1. The quantitative estimate of drug-likeness (QED) is 0.610. The van der Waals surface area contributed by atoms with E-state index in [4.69, 9.17) is 16.7 Å². The molecule has 0 amide bonds. The molecule has 2 rings (SSSR count). The number of nitrogens with two attached hydrogens (primary N) is 1. The molecule has 0 aromatic heterocycles. The second kappa shape index (κ2) is 6.95. The van der Waals surface area contributed by atoms with E-state index in [1.165, 1.54) is 12.1 Å². The van der Waals surface area contributed by atoms with Gasteiger partial charge in [0.1, 0.15) is 4.90 Å². The number of sulfonamides is 1. The molecule has 122 valence electrons. The summed E-state index contributed by atoms with van der Waals surface area (Å²) in [5.41, 5.74) is 0.860. The smallest absolute Gasteiger partial charge is 0.270 e. The summed E-state index contributed by atoms with van der Waals surface area (Å²) < 4.78 is 23.2. The molecule has 0 unspecified atom stereocenters. The summed E-state index contributed by atoms with van der Waals surface area (Å²) in [6, 6.07) is 10.8. The first-order valence-corrected chi connectivity index (χ1v) is 8.49. The molecular weight excluding hydrogens is 342 g/mol. The van der Waals surface area contributed by atoms with E-state index in [1.807, 2.05) is 12.1 Å². The molecule has 0 spiro atoms. The van der Waals surface area contributed by atoms with Crippen molar-refractivity contribution in [3.05, 3.63) is 63.2 Å². The average molecular weight is 356 g/mol. The van der Waals surface area contributed by atoms with Crippen molar-refractivity contribution in [3.63, 3.8) is 0 Å². The topological polar surface area (TPSA) is 115 Å². The number of nitro benzene ring substituents is 1. The molecule has 0 fully saturated rings. The number of benzene rings is 2. The van der Waals surface area contributed by atoms with Crippen molar-refractivity contribution in [2.45, 2.75) is 11.3 Å². The van der Waals surface area contributed by atoms with E-state index in [9.17, 15) is 18.5 Å². The Morgan fingerprint density at radius 2 is 1.96 bits per heavy atom. The van der Waals surface area contributed by atoms with Crippen molar-refractivity contribution in [2.24, 2.45) is 5.14 Å². The predicted molar refractivity (Wildman–Crippen MR) is 88.1 cm³/mol. The van der Waals surface area contributed by atoms with E-state index in [1.54, 1.807) is 12.1 Å². The third-order valence-corrected chi connectivity index (χ3v) is 4.29. The fourth-order valence-electron chi connectivity index (χ4n) is 2.04. The summed E-state index contributed by atoms with van der Waals surface area (Å²) in [5, 5.41) is 19.4. The fourth-order valence-corrected chi connectivity index (χ4v) is 2.98. The van der Waals surface area contributed by atoms with Gasteiger partial charge in [0.05, 0.1) is 10.6 Å². The van der Waals surface area contributed by atoms with Gasteiger partial charge in [-0.25, -0.2) is 13.6 Å². The summed E-state index contributed by atoms with van der Waals surface area (Å²) in [6.45, 7) is 0.417. The summed E-state index contributed by atoms with van der Waals surface area (Å²) in [4.78, 5) is 9.78. The van der Waals surface area contributed by atoms with Gasteiger partial charge in [0.15, 0.2) is 0 Å². The molecule has 0 saturated carbocycles. The zero-order chi connectivity index (χ0) is 17.0. The van der Waals surface area contributed by atoms with Gasteiger partial charge in [-0.1, -0.05) is 23.7 Å². The summed E-state index contributed by atoms with van der Waals surface area (Å²) in [7, 11) is -4.08. The Labute approximate surface area is 138 Å². The number of non-ortho nitro benzene ring substituents is 1. The maximum absolute atomic E-state index is 11.6. The van der Waals surface area contributed by atoms with Crippen LogP contribution in [0.4, 0.5) is 11.4 Å². The van der Waals surface area contributed by atoms with Crippen LogP contribution in [0.2, 0.25) is 5.02 Å². The van der Waals surface area contributed by atoms with Crippen LogP contribution in [0.1, 0.15) is 5.56 Å². The van der Waals surface area contributed by atoms with Gasteiger partial charge >= 0.3 is 0 Å². The van der Waals surface area contributed by atoms with Gasteiger partial charge in [0, 0.05) is 23.7 Å². The number of hydrogen-bond acceptors (Lipinski definition) is 5. The van der Waals surface area contributed by atoms with Crippen LogP contribution < -0.4 is 10.5 Å². The number of rotatable bonds is 6. The molecule has 23 heavy (non-hydrogen) atoms. The first-order valence-electron chi connectivity index (χ1n) is 6.57. The molecule has 0 aliphatic rings. The number of nitro groups is 1. The number of anilines is 1. The number of primary sulfonamides is 1. The standard InChI is InChI=1S/C14H14ClN3O4S/c15-11-3-1-2-10(8-11)6-7-17-13-5-4-12(18(19)20)9-14(13)23(16,21)22/h1-5,8-9,17H,6-7H2,(H2,16,21,22).